The molecule has 71 heavy (non-hydrogen) atoms. The van der Waals surface area contributed by atoms with Crippen LogP contribution in [0.3, 0.4) is 0 Å². The van der Waals surface area contributed by atoms with Crippen molar-refractivity contribution in [2.24, 2.45) is 41.4 Å². The lowest BCUT2D eigenvalue weighted by Gasteiger charge is -2.30. The van der Waals surface area contributed by atoms with Crippen LogP contribution >= 0.6 is 0 Å². The third kappa shape index (κ3) is 47.0. The summed E-state index contributed by atoms with van der Waals surface area (Å²) in [4.78, 5) is 64.7. The van der Waals surface area contributed by atoms with Gasteiger partial charge in [0.1, 0.15) is 19.4 Å². The van der Waals surface area contributed by atoms with Gasteiger partial charge in [0.25, 0.3) is 0 Å². The fourth-order valence-corrected chi connectivity index (χ4v) is 4.94. The number of nitrogens with one attached hydrogen (secondary N) is 2. The van der Waals surface area contributed by atoms with Gasteiger partial charge in [0, 0.05) is 39.1 Å². The fourth-order valence-electron chi connectivity index (χ4n) is 4.94. The zero-order chi connectivity index (χ0) is 52.4. The molecule has 0 bridgehead atoms. The molecule has 0 aliphatic heterocycles. The Bertz CT molecular complexity index is 1470. The standard InChI is InChI=1S/C43H83N13O15/c1-37(52-34-64-18-10-40(43(59)60)56(16-14-54(3)4)17-15-55(5)6)71-35-53-38(2)70-33-50-32-68-31-49-30-67-29-48-28-66-26-47-12-19-61-21-23-63-25-41(57)51-13-20-62-22-24-65-36-69-27-46-11-8-7-9-39(44)42(45)58/h26,29,31,33-35,37-40,46H,7-25,27-28,30,32,36,44H2,1-6H3,(H2,45,58)(H,51,57)(H,59,60)/t37-,38-,39+,40+/m1/s1. The van der Waals surface area contributed by atoms with E-state index in [1.807, 2.05) is 42.9 Å². The predicted octanol–water partition coefficient (Wildman–Crippen LogP) is -1.22. The van der Waals surface area contributed by atoms with Crippen molar-refractivity contribution in [3.05, 3.63) is 0 Å². The van der Waals surface area contributed by atoms with Gasteiger partial charge in [0.2, 0.25) is 11.8 Å². The van der Waals surface area contributed by atoms with E-state index >= 15 is 0 Å². The van der Waals surface area contributed by atoms with Gasteiger partial charge < -0.3 is 83.8 Å². The van der Waals surface area contributed by atoms with E-state index in [1.165, 1.54) is 38.4 Å². The van der Waals surface area contributed by atoms with Crippen LogP contribution < -0.4 is 22.1 Å². The summed E-state index contributed by atoms with van der Waals surface area (Å²) in [6.07, 6.45) is 8.61. The van der Waals surface area contributed by atoms with Gasteiger partial charge in [-0.2, -0.15) is 0 Å². The Morgan fingerprint density at radius 2 is 1.20 bits per heavy atom. The number of carbonyl (C=O) groups is 3. The summed E-state index contributed by atoms with van der Waals surface area (Å²) in [5.74, 6) is -1.63. The number of hydrogen-bond acceptors (Lipinski definition) is 25. The van der Waals surface area contributed by atoms with Crippen molar-refractivity contribution in [1.82, 2.24) is 25.3 Å². The van der Waals surface area contributed by atoms with Crippen LogP contribution in [-0.4, -0.2) is 261 Å². The SMILES string of the molecule is C[C@H](N=CO[C@H](C)N=COCC[C@@H](C(=O)O)N(CCN(C)C)CCN(C)C)OC=NCOC=NCOC=NCOC=NCCOCCOCC(=O)NCCOCCOCOCNCCCC[C@H](N)C(N)=O. The van der Waals surface area contributed by atoms with Crippen molar-refractivity contribution in [2.45, 2.75) is 64.1 Å². The molecule has 410 valence electrons. The lowest BCUT2D eigenvalue weighted by molar-refractivity contribution is -0.144. The van der Waals surface area contributed by atoms with Crippen molar-refractivity contribution in [3.63, 3.8) is 0 Å². The number of aliphatic imine (C=N–C) groups is 6. The van der Waals surface area contributed by atoms with Crippen molar-refractivity contribution >= 4 is 56.2 Å². The van der Waals surface area contributed by atoms with Crippen molar-refractivity contribution in [3.8, 4) is 0 Å². The first kappa shape index (κ1) is 65.8. The fraction of sp³-hybridized carbons (Fsp3) is 0.791. The molecule has 0 spiro atoms. The van der Waals surface area contributed by atoms with E-state index in [9.17, 15) is 19.5 Å². The average Bonchev–Trinajstić information content (AvgIpc) is 3.32. The minimum atomic E-state index is -0.886. The molecule has 0 aromatic heterocycles. The maximum atomic E-state index is 12.0. The Balaban J connectivity index is 3.72. The van der Waals surface area contributed by atoms with Crippen LogP contribution in [0.25, 0.3) is 0 Å². The number of unbranched alkanes of at least 4 members (excludes halogenated alkanes) is 1. The smallest absolute Gasteiger partial charge is 0.321 e. The Hall–Kier alpha value is -5.17. The van der Waals surface area contributed by atoms with Crippen LogP contribution in [0, 0.1) is 0 Å². The molecule has 0 aromatic rings. The second kappa shape index (κ2) is 48.5. The molecule has 0 unspecified atom stereocenters. The summed E-state index contributed by atoms with van der Waals surface area (Å²) in [6.45, 7) is 9.98. The van der Waals surface area contributed by atoms with Crippen LogP contribution in [0.4, 0.5) is 0 Å². The zero-order valence-corrected chi connectivity index (χ0v) is 42.6. The molecule has 0 aromatic carbocycles. The number of carbonyl (C=O) groups excluding carboxylic acids is 2. The number of aliphatic carboxylic acids is 1. The molecule has 0 heterocycles. The number of ether oxygens (including phenoxy) is 11. The van der Waals surface area contributed by atoms with Crippen molar-refractivity contribution < 1.29 is 71.6 Å². The highest BCUT2D eigenvalue weighted by Crippen LogP contribution is 2.07. The molecule has 28 heteroatoms. The molecule has 0 rings (SSSR count). The number of nitrogens with zero attached hydrogens (tertiary/aromatic N) is 9. The molecule has 0 saturated heterocycles. The second-order valence-corrected chi connectivity index (χ2v) is 15.4. The van der Waals surface area contributed by atoms with Gasteiger partial charge in [-0.05, 0) is 61.4 Å². The van der Waals surface area contributed by atoms with Gasteiger partial charge in [0.15, 0.2) is 71.1 Å². The third-order valence-corrected chi connectivity index (χ3v) is 8.77. The summed E-state index contributed by atoms with van der Waals surface area (Å²) in [5, 5.41) is 15.6. The van der Waals surface area contributed by atoms with E-state index in [-0.39, 0.29) is 52.7 Å². The number of likely N-dealkylation sites (N-methyl/N-ethyl adjacent to an activating group) is 2. The molecule has 4 atom stereocenters. The van der Waals surface area contributed by atoms with Gasteiger partial charge in [-0.15, -0.1) is 0 Å². The summed E-state index contributed by atoms with van der Waals surface area (Å²) in [6, 6.07) is -1.27. The Labute approximate surface area is 418 Å². The first-order chi connectivity index (χ1) is 34.3. The van der Waals surface area contributed by atoms with Crippen LogP contribution in [0.2, 0.25) is 0 Å². The largest absolute Gasteiger partial charge is 0.483 e. The molecular formula is C43H83N13O15. The molecule has 2 amide bonds. The molecule has 0 aliphatic carbocycles. The molecule has 28 nitrogen and oxygen atoms in total. The highest BCUT2D eigenvalue weighted by molar-refractivity contribution is 5.79. The lowest BCUT2D eigenvalue weighted by Crippen LogP contribution is -2.47. The Morgan fingerprint density at radius 1 is 0.620 bits per heavy atom. The van der Waals surface area contributed by atoms with E-state index in [4.69, 9.17) is 63.6 Å². The Morgan fingerprint density at radius 3 is 1.83 bits per heavy atom. The first-order valence-electron chi connectivity index (χ1n) is 23.2. The molecular weight excluding hydrogens is 939 g/mol. The number of hydrogen-bond donors (Lipinski definition) is 5. The van der Waals surface area contributed by atoms with Gasteiger partial charge in [0.05, 0.1) is 65.6 Å². The minimum absolute atomic E-state index is 0.00506. The third-order valence-electron chi connectivity index (χ3n) is 8.77. The van der Waals surface area contributed by atoms with Crippen molar-refractivity contribution in [1.29, 1.82) is 0 Å². The van der Waals surface area contributed by atoms with Gasteiger partial charge in [-0.1, -0.05) is 6.42 Å². The van der Waals surface area contributed by atoms with Crippen LogP contribution in [-0.2, 0) is 66.5 Å². The van der Waals surface area contributed by atoms with E-state index < -0.39 is 36.4 Å². The summed E-state index contributed by atoms with van der Waals surface area (Å²) in [7, 11) is 7.83. The summed E-state index contributed by atoms with van der Waals surface area (Å²) >= 11 is 0. The maximum Gasteiger partial charge on any atom is 0.321 e. The number of amides is 2. The lowest BCUT2D eigenvalue weighted by atomic mass is 10.1. The second-order valence-electron chi connectivity index (χ2n) is 15.4. The number of nitrogens with two attached hydrogens (primary N) is 2. The molecule has 0 saturated carbocycles. The predicted molar refractivity (Wildman–Crippen MR) is 267 cm³/mol. The van der Waals surface area contributed by atoms with Crippen LogP contribution in [0.1, 0.15) is 39.5 Å². The number of carboxylic acid groups (broad SMARTS) is 1. The first-order valence-corrected chi connectivity index (χ1v) is 23.2. The number of carboxylic acids is 1. The van der Waals surface area contributed by atoms with Gasteiger partial charge in [-0.3, -0.25) is 29.6 Å². The average molecular weight is 1020 g/mol. The zero-order valence-electron chi connectivity index (χ0n) is 42.6. The molecule has 0 aliphatic rings. The van der Waals surface area contributed by atoms with Crippen LogP contribution in [0.15, 0.2) is 30.0 Å². The van der Waals surface area contributed by atoms with E-state index in [0.717, 1.165) is 32.5 Å². The minimum Gasteiger partial charge on any atom is -0.483 e. The quantitative estimate of drug-likeness (QED) is 0.0206. The number of primary amides is 1. The highest BCUT2D eigenvalue weighted by atomic mass is 16.7. The summed E-state index contributed by atoms with van der Waals surface area (Å²) in [5.41, 5.74) is 10.7. The normalized spacial score (nSPS) is 13.9. The van der Waals surface area contributed by atoms with Crippen LogP contribution in [0.5, 0.6) is 0 Å². The highest BCUT2D eigenvalue weighted by Gasteiger charge is 2.25. The molecule has 0 fully saturated rings. The van der Waals surface area contributed by atoms with Gasteiger partial charge in [-0.25, -0.2) is 25.0 Å². The van der Waals surface area contributed by atoms with E-state index in [0.29, 0.717) is 78.8 Å². The van der Waals surface area contributed by atoms with Crippen molar-refractivity contribution in [2.75, 3.05) is 161 Å². The number of rotatable bonds is 51. The molecule has 7 N–H and O–H groups in total. The monoisotopic (exact) mass is 1020 g/mol. The maximum absolute atomic E-state index is 12.0. The topological polar surface area (TPSA) is 333 Å². The Kier molecular flexibility index (Phi) is 44.9. The van der Waals surface area contributed by atoms with E-state index in [2.05, 4.69) is 40.6 Å². The van der Waals surface area contributed by atoms with Gasteiger partial charge >= 0.3 is 5.97 Å². The van der Waals surface area contributed by atoms with E-state index in [1.54, 1.807) is 13.8 Å². The summed E-state index contributed by atoms with van der Waals surface area (Å²) < 4.78 is 58.3. The molecule has 0 radical (unpaired) electrons.